The molecular formula is C19H32N4O2. The van der Waals surface area contributed by atoms with Gasteiger partial charge in [-0.05, 0) is 31.7 Å². The third-order valence-electron chi connectivity index (χ3n) is 5.69. The lowest BCUT2D eigenvalue weighted by molar-refractivity contribution is -0.103. The second kappa shape index (κ2) is 7.08. The number of likely N-dealkylation sites (tertiary alicyclic amines) is 1. The summed E-state index contributed by atoms with van der Waals surface area (Å²) in [4.78, 5) is 16.5. The van der Waals surface area contributed by atoms with Gasteiger partial charge >= 0.3 is 0 Å². The van der Waals surface area contributed by atoms with Crippen molar-refractivity contribution in [2.75, 3.05) is 33.7 Å². The maximum absolute atomic E-state index is 12.4. The first-order chi connectivity index (χ1) is 11.8. The van der Waals surface area contributed by atoms with Crippen LogP contribution in [-0.4, -0.2) is 64.8 Å². The van der Waals surface area contributed by atoms with Crippen LogP contribution >= 0.6 is 0 Å². The van der Waals surface area contributed by atoms with Gasteiger partial charge in [-0.3, -0.25) is 9.48 Å². The molecule has 0 bridgehead atoms. The summed E-state index contributed by atoms with van der Waals surface area (Å²) in [6.07, 6.45) is 4.25. The van der Waals surface area contributed by atoms with Gasteiger partial charge in [0, 0.05) is 51.9 Å². The average Bonchev–Trinajstić information content (AvgIpc) is 2.89. The maximum atomic E-state index is 12.4. The van der Waals surface area contributed by atoms with Gasteiger partial charge < -0.3 is 14.5 Å². The van der Waals surface area contributed by atoms with Gasteiger partial charge in [0.15, 0.2) is 5.69 Å². The van der Waals surface area contributed by atoms with E-state index in [2.05, 4.69) is 23.8 Å². The fourth-order valence-electron chi connectivity index (χ4n) is 3.89. The first-order valence-corrected chi connectivity index (χ1v) is 9.44. The van der Waals surface area contributed by atoms with Crippen molar-refractivity contribution in [3.8, 4) is 0 Å². The smallest absolute Gasteiger partial charge is 0.274 e. The molecule has 0 saturated carbocycles. The summed E-state index contributed by atoms with van der Waals surface area (Å²) < 4.78 is 8.23. The number of aryl methyl sites for hydroxylation is 1. The van der Waals surface area contributed by atoms with Gasteiger partial charge in [-0.2, -0.15) is 5.10 Å². The Balaban J connectivity index is 1.69. The van der Waals surface area contributed by atoms with E-state index < -0.39 is 0 Å². The number of amides is 1. The fraction of sp³-hybridized carbons (Fsp3) is 0.789. The van der Waals surface area contributed by atoms with E-state index in [1.165, 1.54) is 18.7 Å². The molecule has 2 aliphatic rings. The SMILES string of the molecule is CC(C)CCN1CCC2(CC1)Cc1c(c(C(=O)N(C)C)nn1C)CO2. The van der Waals surface area contributed by atoms with Crippen LogP contribution in [0.5, 0.6) is 0 Å². The van der Waals surface area contributed by atoms with E-state index >= 15 is 0 Å². The van der Waals surface area contributed by atoms with E-state index in [0.29, 0.717) is 12.3 Å². The van der Waals surface area contributed by atoms with Gasteiger partial charge in [0.2, 0.25) is 0 Å². The molecule has 1 fully saturated rings. The van der Waals surface area contributed by atoms with E-state index in [9.17, 15) is 4.79 Å². The first-order valence-electron chi connectivity index (χ1n) is 9.44. The van der Waals surface area contributed by atoms with Crippen molar-refractivity contribution in [3.05, 3.63) is 17.0 Å². The second-order valence-electron chi connectivity index (χ2n) is 8.27. The van der Waals surface area contributed by atoms with Crippen molar-refractivity contribution in [2.45, 2.75) is 51.7 Å². The summed E-state index contributed by atoms with van der Waals surface area (Å²) in [5.74, 6) is 0.714. The second-order valence-corrected chi connectivity index (χ2v) is 8.27. The van der Waals surface area contributed by atoms with Gasteiger partial charge in [-0.1, -0.05) is 13.8 Å². The third-order valence-corrected chi connectivity index (χ3v) is 5.69. The lowest BCUT2D eigenvalue weighted by Crippen LogP contribution is -2.49. The van der Waals surface area contributed by atoms with Crippen LogP contribution in [0.3, 0.4) is 0 Å². The molecule has 0 atom stereocenters. The summed E-state index contributed by atoms with van der Waals surface area (Å²) >= 11 is 0. The average molecular weight is 348 g/mol. The van der Waals surface area contributed by atoms with Crippen LogP contribution in [0.15, 0.2) is 0 Å². The van der Waals surface area contributed by atoms with Gasteiger partial charge in [0.1, 0.15) is 0 Å². The lowest BCUT2D eigenvalue weighted by atomic mass is 9.83. The maximum Gasteiger partial charge on any atom is 0.274 e. The van der Waals surface area contributed by atoms with Gasteiger partial charge in [0.25, 0.3) is 5.91 Å². The Morgan fingerprint density at radius 2 is 2.00 bits per heavy atom. The molecule has 2 aliphatic heterocycles. The molecule has 25 heavy (non-hydrogen) atoms. The number of nitrogens with zero attached hydrogens (tertiary/aromatic N) is 4. The predicted molar refractivity (Wildman–Crippen MR) is 97.6 cm³/mol. The zero-order valence-corrected chi connectivity index (χ0v) is 16.3. The van der Waals surface area contributed by atoms with Crippen molar-refractivity contribution < 1.29 is 9.53 Å². The molecule has 0 aliphatic carbocycles. The number of piperidine rings is 1. The monoisotopic (exact) mass is 348 g/mol. The van der Waals surface area contributed by atoms with E-state index in [1.807, 2.05) is 11.7 Å². The molecule has 3 rings (SSSR count). The normalized spacial score (nSPS) is 20.1. The standard InChI is InChI=1S/C19H32N4O2/c1-14(2)6-9-23-10-7-19(8-11-23)12-16-15(13-25-19)17(20-22(16)5)18(24)21(3)4/h14H,6-13H2,1-5H3. The molecule has 140 valence electrons. The van der Waals surface area contributed by atoms with Crippen molar-refractivity contribution >= 4 is 5.91 Å². The quantitative estimate of drug-likeness (QED) is 0.836. The summed E-state index contributed by atoms with van der Waals surface area (Å²) in [5.41, 5.74) is 2.63. The minimum atomic E-state index is -0.0758. The molecular weight excluding hydrogens is 316 g/mol. The number of carbonyl (C=O) groups excluding carboxylic acids is 1. The summed E-state index contributed by atoms with van der Waals surface area (Å²) in [6.45, 7) is 8.46. The van der Waals surface area contributed by atoms with Crippen molar-refractivity contribution in [3.63, 3.8) is 0 Å². The van der Waals surface area contributed by atoms with E-state index in [1.54, 1.807) is 19.0 Å². The Labute approximate surface area is 151 Å². The number of rotatable bonds is 4. The Morgan fingerprint density at radius 3 is 2.60 bits per heavy atom. The molecule has 0 unspecified atom stereocenters. The first kappa shape index (κ1) is 18.4. The molecule has 0 radical (unpaired) electrons. The van der Waals surface area contributed by atoms with E-state index in [-0.39, 0.29) is 11.5 Å². The van der Waals surface area contributed by atoms with Gasteiger partial charge in [-0.25, -0.2) is 0 Å². The molecule has 1 spiro atoms. The highest BCUT2D eigenvalue weighted by atomic mass is 16.5. The molecule has 1 saturated heterocycles. The highest BCUT2D eigenvalue weighted by Gasteiger charge is 2.41. The number of hydrogen-bond acceptors (Lipinski definition) is 4. The zero-order chi connectivity index (χ0) is 18.2. The van der Waals surface area contributed by atoms with Crippen LogP contribution in [-0.2, 0) is 24.8 Å². The number of ether oxygens (including phenoxy) is 1. The highest BCUT2D eigenvalue weighted by Crippen LogP contribution is 2.37. The molecule has 0 aromatic carbocycles. The summed E-state index contributed by atoms with van der Waals surface area (Å²) in [5, 5.41) is 4.49. The van der Waals surface area contributed by atoms with Crippen LogP contribution in [0.25, 0.3) is 0 Å². The Kier molecular flexibility index (Phi) is 5.21. The van der Waals surface area contributed by atoms with Gasteiger partial charge in [-0.15, -0.1) is 0 Å². The van der Waals surface area contributed by atoms with Crippen LogP contribution < -0.4 is 0 Å². The number of hydrogen-bond donors (Lipinski definition) is 0. The minimum absolute atomic E-state index is 0.0418. The van der Waals surface area contributed by atoms with Crippen LogP contribution in [0.2, 0.25) is 0 Å². The van der Waals surface area contributed by atoms with Crippen molar-refractivity contribution in [1.82, 2.24) is 19.6 Å². The highest BCUT2D eigenvalue weighted by molar-refractivity contribution is 5.93. The summed E-state index contributed by atoms with van der Waals surface area (Å²) in [7, 11) is 5.48. The van der Waals surface area contributed by atoms with Crippen LogP contribution in [0, 0.1) is 5.92 Å². The van der Waals surface area contributed by atoms with E-state index in [0.717, 1.165) is 43.8 Å². The largest absolute Gasteiger partial charge is 0.370 e. The number of aromatic nitrogens is 2. The minimum Gasteiger partial charge on any atom is -0.370 e. The number of carbonyl (C=O) groups is 1. The van der Waals surface area contributed by atoms with Gasteiger partial charge in [0.05, 0.1) is 12.2 Å². The van der Waals surface area contributed by atoms with Crippen molar-refractivity contribution in [1.29, 1.82) is 0 Å². The molecule has 1 aromatic heterocycles. The molecule has 6 heteroatoms. The molecule has 0 N–H and O–H groups in total. The third kappa shape index (κ3) is 3.75. The number of fused-ring (bicyclic) bond motifs is 1. The zero-order valence-electron chi connectivity index (χ0n) is 16.3. The molecule has 3 heterocycles. The molecule has 1 aromatic rings. The van der Waals surface area contributed by atoms with Crippen LogP contribution in [0.4, 0.5) is 0 Å². The summed E-state index contributed by atoms with van der Waals surface area (Å²) in [6, 6.07) is 0. The van der Waals surface area contributed by atoms with Crippen molar-refractivity contribution in [2.24, 2.45) is 13.0 Å². The van der Waals surface area contributed by atoms with Crippen LogP contribution in [0.1, 0.15) is 54.9 Å². The predicted octanol–water partition coefficient (Wildman–Crippen LogP) is 2.08. The topological polar surface area (TPSA) is 50.6 Å². The fourth-order valence-corrected chi connectivity index (χ4v) is 3.89. The lowest BCUT2D eigenvalue weighted by Gasteiger charge is -2.44. The Hall–Kier alpha value is -1.40. The molecule has 6 nitrogen and oxygen atoms in total. The Bertz CT molecular complexity index is 628. The Morgan fingerprint density at radius 1 is 1.32 bits per heavy atom. The van der Waals surface area contributed by atoms with E-state index in [4.69, 9.17) is 4.74 Å². The molecule has 1 amide bonds.